The molecule has 0 amide bonds. The Labute approximate surface area is 127 Å². The summed E-state index contributed by atoms with van der Waals surface area (Å²) in [5.74, 6) is 9.08. The van der Waals surface area contributed by atoms with Crippen LogP contribution in [0.1, 0.15) is 38.5 Å². The van der Waals surface area contributed by atoms with Crippen molar-refractivity contribution >= 4 is 11.8 Å². The van der Waals surface area contributed by atoms with Crippen LogP contribution in [0.15, 0.2) is 0 Å². The molecule has 3 N–H and O–H groups in total. The van der Waals surface area contributed by atoms with E-state index < -0.39 is 0 Å². The van der Waals surface area contributed by atoms with Gasteiger partial charge in [-0.05, 0) is 38.6 Å². The molecule has 2 aliphatic heterocycles. The number of nitrogens with two attached hydrogens (primary N) is 1. The Bertz CT molecular complexity index is 322. The molecule has 0 aromatic heterocycles. The number of hydrogen-bond acceptors (Lipinski definition) is 5. The number of ether oxygens (including phenoxy) is 1. The molecule has 3 atom stereocenters. The SMILES string of the molecule is CN1CCSCC1C(NN)C1CCOC2(CCCC2)C1. The van der Waals surface area contributed by atoms with Crippen LogP contribution >= 0.6 is 11.8 Å². The minimum Gasteiger partial charge on any atom is -0.375 e. The Kier molecular flexibility index (Phi) is 4.93. The number of rotatable bonds is 3. The molecular formula is C15H29N3OS. The fourth-order valence-corrected chi connectivity index (χ4v) is 5.67. The minimum atomic E-state index is 0.193. The molecule has 3 fully saturated rings. The van der Waals surface area contributed by atoms with Gasteiger partial charge in [-0.25, -0.2) is 0 Å². The predicted octanol–water partition coefficient (Wildman–Crippen LogP) is 1.60. The quantitative estimate of drug-likeness (QED) is 0.612. The van der Waals surface area contributed by atoms with Crippen LogP contribution in [-0.2, 0) is 4.74 Å². The number of likely N-dealkylation sites (N-methyl/N-ethyl adjacent to an activating group) is 1. The van der Waals surface area contributed by atoms with E-state index in [1.165, 1.54) is 50.2 Å². The molecule has 4 nitrogen and oxygen atoms in total. The molecule has 116 valence electrons. The van der Waals surface area contributed by atoms with E-state index in [9.17, 15) is 0 Å². The first-order valence-corrected chi connectivity index (χ1v) is 9.28. The van der Waals surface area contributed by atoms with Gasteiger partial charge in [-0.3, -0.25) is 11.3 Å². The standard InChI is InChI=1S/C15H29N3OS/c1-18-7-9-20-11-13(18)14(17-16)12-4-8-19-15(10-12)5-2-3-6-15/h12-14,17H,2-11,16H2,1H3. The lowest BCUT2D eigenvalue weighted by molar-refractivity contribution is -0.101. The van der Waals surface area contributed by atoms with Crippen molar-refractivity contribution in [1.29, 1.82) is 0 Å². The van der Waals surface area contributed by atoms with Crippen LogP contribution in [0.25, 0.3) is 0 Å². The molecule has 20 heavy (non-hydrogen) atoms. The van der Waals surface area contributed by atoms with Crippen molar-refractivity contribution in [1.82, 2.24) is 10.3 Å². The van der Waals surface area contributed by atoms with Crippen molar-refractivity contribution in [3.8, 4) is 0 Å². The maximum atomic E-state index is 6.18. The summed E-state index contributed by atoms with van der Waals surface area (Å²) in [4.78, 5) is 2.50. The van der Waals surface area contributed by atoms with Crippen LogP contribution in [0, 0.1) is 5.92 Å². The number of hydrazine groups is 1. The van der Waals surface area contributed by atoms with Gasteiger partial charge >= 0.3 is 0 Å². The van der Waals surface area contributed by atoms with Gasteiger partial charge in [0.05, 0.1) is 5.60 Å². The van der Waals surface area contributed by atoms with E-state index in [0.717, 1.165) is 13.0 Å². The van der Waals surface area contributed by atoms with E-state index in [1.807, 2.05) is 0 Å². The lowest BCUT2D eigenvalue weighted by Crippen LogP contribution is -2.59. The molecule has 3 rings (SSSR count). The zero-order chi connectivity index (χ0) is 14.0. The summed E-state index contributed by atoms with van der Waals surface area (Å²) in [6, 6.07) is 0.981. The van der Waals surface area contributed by atoms with Crippen molar-refractivity contribution < 1.29 is 4.74 Å². The second-order valence-electron chi connectivity index (χ2n) is 6.81. The highest BCUT2D eigenvalue weighted by Crippen LogP contribution is 2.43. The second-order valence-corrected chi connectivity index (χ2v) is 7.96. The highest BCUT2D eigenvalue weighted by Gasteiger charge is 2.44. The summed E-state index contributed by atoms with van der Waals surface area (Å²) in [6.07, 6.45) is 7.56. The first-order valence-electron chi connectivity index (χ1n) is 8.12. The van der Waals surface area contributed by atoms with E-state index in [1.54, 1.807) is 0 Å². The summed E-state index contributed by atoms with van der Waals surface area (Å²) in [7, 11) is 2.25. The van der Waals surface area contributed by atoms with Crippen molar-refractivity contribution in [2.24, 2.45) is 11.8 Å². The van der Waals surface area contributed by atoms with Gasteiger partial charge in [-0.15, -0.1) is 0 Å². The van der Waals surface area contributed by atoms with Crippen molar-refractivity contribution in [2.45, 2.75) is 56.2 Å². The van der Waals surface area contributed by atoms with E-state index >= 15 is 0 Å². The Balaban J connectivity index is 1.68. The lowest BCUT2D eigenvalue weighted by Gasteiger charge is -2.46. The summed E-state index contributed by atoms with van der Waals surface area (Å²) in [6.45, 7) is 2.11. The van der Waals surface area contributed by atoms with Gasteiger partial charge in [0.2, 0.25) is 0 Å². The zero-order valence-corrected chi connectivity index (χ0v) is 13.5. The molecule has 3 unspecified atom stereocenters. The Morgan fingerprint density at radius 1 is 1.40 bits per heavy atom. The van der Waals surface area contributed by atoms with Gasteiger partial charge in [0.1, 0.15) is 0 Å². The molecular weight excluding hydrogens is 270 g/mol. The van der Waals surface area contributed by atoms with E-state index in [0.29, 0.717) is 18.0 Å². The first-order chi connectivity index (χ1) is 9.74. The Hall–Kier alpha value is 0.190. The summed E-state index contributed by atoms with van der Waals surface area (Å²) in [5, 5.41) is 0. The summed E-state index contributed by atoms with van der Waals surface area (Å²) >= 11 is 2.07. The normalized spacial score (nSPS) is 36.3. The van der Waals surface area contributed by atoms with Gasteiger partial charge in [0.25, 0.3) is 0 Å². The smallest absolute Gasteiger partial charge is 0.0685 e. The van der Waals surface area contributed by atoms with Gasteiger partial charge in [0.15, 0.2) is 0 Å². The van der Waals surface area contributed by atoms with Crippen LogP contribution < -0.4 is 11.3 Å². The molecule has 1 spiro atoms. The van der Waals surface area contributed by atoms with Crippen molar-refractivity contribution in [3.63, 3.8) is 0 Å². The lowest BCUT2D eigenvalue weighted by atomic mass is 9.78. The number of thioether (sulfide) groups is 1. The molecule has 1 saturated carbocycles. The molecule has 0 aromatic rings. The van der Waals surface area contributed by atoms with E-state index in [2.05, 4.69) is 29.1 Å². The fraction of sp³-hybridized carbons (Fsp3) is 1.00. The second kappa shape index (κ2) is 6.53. The molecule has 0 aromatic carbocycles. The van der Waals surface area contributed by atoms with Gasteiger partial charge < -0.3 is 9.64 Å². The van der Waals surface area contributed by atoms with Gasteiger partial charge in [-0.1, -0.05) is 12.8 Å². The topological polar surface area (TPSA) is 50.5 Å². The monoisotopic (exact) mass is 299 g/mol. The maximum absolute atomic E-state index is 6.18. The third-order valence-electron chi connectivity index (χ3n) is 5.60. The Morgan fingerprint density at radius 3 is 2.90 bits per heavy atom. The molecule has 0 bridgehead atoms. The molecule has 2 saturated heterocycles. The van der Waals surface area contributed by atoms with Crippen LogP contribution in [0.3, 0.4) is 0 Å². The minimum absolute atomic E-state index is 0.193. The van der Waals surface area contributed by atoms with Crippen molar-refractivity contribution in [2.75, 3.05) is 31.7 Å². The van der Waals surface area contributed by atoms with Gasteiger partial charge in [-0.2, -0.15) is 11.8 Å². The van der Waals surface area contributed by atoms with Crippen LogP contribution in [0.5, 0.6) is 0 Å². The molecule has 5 heteroatoms. The first kappa shape index (κ1) is 15.1. The van der Waals surface area contributed by atoms with Crippen LogP contribution in [0.4, 0.5) is 0 Å². The summed E-state index contributed by atoms with van der Waals surface area (Å²) in [5.41, 5.74) is 3.36. The highest BCUT2D eigenvalue weighted by molar-refractivity contribution is 7.99. The molecule has 2 heterocycles. The predicted molar refractivity (Wildman–Crippen MR) is 84.7 cm³/mol. The average molecular weight is 299 g/mol. The molecule has 0 radical (unpaired) electrons. The van der Waals surface area contributed by atoms with Crippen molar-refractivity contribution in [3.05, 3.63) is 0 Å². The maximum Gasteiger partial charge on any atom is 0.0685 e. The third-order valence-corrected chi connectivity index (χ3v) is 6.65. The zero-order valence-electron chi connectivity index (χ0n) is 12.6. The molecule has 1 aliphatic carbocycles. The van der Waals surface area contributed by atoms with Crippen LogP contribution in [0.2, 0.25) is 0 Å². The van der Waals surface area contributed by atoms with Gasteiger partial charge in [0, 0.05) is 36.7 Å². The fourth-order valence-electron chi connectivity index (χ4n) is 4.38. The number of hydrogen-bond donors (Lipinski definition) is 2. The largest absolute Gasteiger partial charge is 0.375 e. The number of nitrogens with zero attached hydrogens (tertiary/aromatic N) is 1. The van der Waals surface area contributed by atoms with Crippen LogP contribution in [-0.4, -0.2) is 54.3 Å². The van der Waals surface area contributed by atoms with E-state index in [4.69, 9.17) is 10.6 Å². The summed E-state index contributed by atoms with van der Waals surface area (Å²) < 4.78 is 6.18. The third kappa shape index (κ3) is 3.02. The average Bonchev–Trinajstić information content (AvgIpc) is 2.90. The number of nitrogens with one attached hydrogen (secondary N) is 1. The molecule has 3 aliphatic rings. The highest BCUT2D eigenvalue weighted by atomic mass is 32.2. The Morgan fingerprint density at radius 2 is 2.20 bits per heavy atom. The van der Waals surface area contributed by atoms with E-state index in [-0.39, 0.29) is 5.60 Å².